The van der Waals surface area contributed by atoms with Gasteiger partial charge in [-0.25, -0.2) is 4.79 Å². The minimum absolute atomic E-state index is 0.378. The monoisotopic (exact) mass is 398 g/mol. The smallest absolute Gasteiger partial charge is 0.332 e. The molecule has 0 unspecified atom stereocenters. The van der Waals surface area contributed by atoms with Crippen LogP contribution in [0.1, 0.15) is 23.1 Å². The molecule has 0 bridgehead atoms. The second-order valence-electron chi connectivity index (χ2n) is 6.70. The molecule has 0 saturated heterocycles. The van der Waals surface area contributed by atoms with Crippen LogP contribution >= 0.6 is 11.6 Å². The summed E-state index contributed by atoms with van der Waals surface area (Å²) >= 11 is 6.16. The number of halogens is 1. The van der Waals surface area contributed by atoms with Crippen molar-refractivity contribution in [1.82, 2.24) is 4.90 Å². The van der Waals surface area contributed by atoms with Gasteiger partial charge in [0.05, 0.1) is 0 Å². The molecule has 0 spiro atoms. The van der Waals surface area contributed by atoms with Gasteiger partial charge >= 0.3 is 5.97 Å². The topological polar surface area (TPSA) is 62.1 Å². The van der Waals surface area contributed by atoms with Crippen LogP contribution in [0.3, 0.4) is 0 Å². The predicted molar refractivity (Wildman–Crippen MR) is 111 cm³/mol. The van der Waals surface area contributed by atoms with E-state index in [4.69, 9.17) is 21.5 Å². The Kier molecular flexibility index (Phi) is 6.85. The molecule has 3 rings (SSSR count). The summed E-state index contributed by atoms with van der Waals surface area (Å²) in [6.07, 6.45) is 2.52. The Morgan fingerprint density at radius 1 is 1.25 bits per heavy atom. The predicted octanol–water partition coefficient (Wildman–Crippen LogP) is 4.13. The molecule has 1 heterocycles. The third-order valence-corrected chi connectivity index (χ3v) is 4.89. The number of carboxylic acid groups (broad SMARTS) is 1. The summed E-state index contributed by atoms with van der Waals surface area (Å²) in [6.45, 7) is 4.28. The minimum atomic E-state index is -0.855. The van der Waals surface area contributed by atoms with E-state index in [1.807, 2.05) is 55.5 Å². The fraction of sp³-hybridized carbons (Fsp3) is 0.273. The molecule has 0 atom stereocenters. The van der Waals surface area contributed by atoms with E-state index in [1.54, 1.807) is 6.08 Å². The second-order valence-corrected chi connectivity index (χ2v) is 7.13. The Hall–Kier alpha value is -2.63. The van der Waals surface area contributed by atoms with Crippen LogP contribution in [0, 0.1) is 6.92 Å². The average molecular weight is 399 g/mol. The zero-order chi connectivity index (χ0) is 19.9. The van der Waals surface area contributed by atoms with E-state index in [-0.39, 0.29) is 0 Å². The highest BCUT2D eigenvalue weighted by Gasteiger charge is 2.17. The van der Waals surface area contributed by atoms with E-state index in [0.29, 0.717) is 30.3 Å². The second kappa shape index (κ2) is 9.53. The lowest BCUT2D eigenvalue weighted by molar-refractivity contribution is -0.133. The Morgan fingerprint density at radius 3 is 2.82 bits per heavy atom. The van der Waals surface area contributed by atoms with Crippen molar-refractivity contribution in [3.8, 4) is 0 Å². The van der Waals surface area contributed by atoms with E-state index in [2.05, 4.69) is 10.1 Å². The van der Waals surface area contributed by atoms with Gasteiger partial charge in [0.25, 0.3) is 0 Å². The highest BCUT2D eigenvalue weighted by Crippen LogP contribution is 2.18. The van der Waals surface area contributed by atoms with Gasteiger partial charge in [-0.1, -0.05) is 59.2 Å². The SMILES string of the molecule is Cc1ccccc1/C(=N\OCCN1CCC=C(C(=O)O)C1)c1cccc(Cl)c1. The number of oxime groups is 1. The van der Waals surface area contributed by atoms with Crippen LogP contribution in [0.5, 0.6) is 0 Å². The zero-order valence-electron chi connectivity index (χ0n) is 15.8. The molecule has 146 valence electrons. The van der Waals surface area contributed by atoms with Gasteiger partial charge in [0, 0.05) is 41.4 Å². The van der Waals surface area contributed by atoms with Crippen molar-refractivity contribution in [1.29, 1.82) is 0 Å². The Labute approximate surface area is 169 Å². The molecule has 2 aromatic rings. The molecule has 0 aliphatic carbocycles. The Bertz CT molecular complexity index is 908. The van der Waals surface area contributed by atoms with Gasteiger partial charge in [0.2, 0.25) is 0 Å². The molecule has 0 amide bonds. The molecule has 0 saturated carbocycles. The van der Waals surface area contributed by atoms with Crippen LogP contribution < -0.4 is 0 Å². The van der Waals surface area contributed by atoms with E-state index in [0.717, 1.165) is 35.4 Å². The maximum Gasteiger partial charge on any atom is 0.332 e. The van der Waals surface area contributed by atoms with Crippen molar-refractivity contribution < 1.29 is 14.7 Å². The third kappa shape index (κ3) is 5.21. The highest BCUT2D eigenvalue weighted by molar-refractivity contribution is 6.31. The van der Waals surface area contributed by atoms with Crippen LogP contribution in [-0.4, -0.2) is 47.9 Å². The van der Waals surface area contributed by atoms with Gasteiger partial charge in [-0.3, -0.25) is 4.90 Å². The fourth-order valence-electron chi connectivity index (χ4n) is 3.16. The summed E-state index contributed by atoms with van der Waals surface area (Å²) in [5, 5.41) is 14.2. The summed E-state index contributed by atoms with van der Waals surface area (Å²) in [5.41, 5.74) is 4.13. The number of hydrogen-bond donors (Lipinski definition) is 1. The molecule has 5 nitrogen and oxygen atoms in total. The number of benzene rings is 2. The molecule has 1 aliphatic heterocycles. The molecular weight excluding hydrogens is 376 g/mol. The maximum absolute atomic E-state index is 11.1. The number of nitrogens with zero attached hydrogens (tertiary/aromatic N) is 2. The molecule has 28 heavy (non-hydrogen) atoms. The largest absolute Gasteiger partial charge is 0.478 e. The maximum atomic E-state index is 11.1. The van der Waals surface area contributed by atoms with Crippen molar-refractivity contribution in [2.45, 2.75) is 13.3 Å². The number of aliphatic carboxylic acids is 1. The molecule has 6 heteroatoms. The Balaban J connectivity index is 1.71. The first-order valence-electron chi connectivity index (χ1n) is 9.21. The summed E-state index contributed by atoms with van der Waals surface area (Å²) < 4.78 is 0. The quantitative estimate of drug-likeness (QED) is 0.432. The van der Waals surface area contributed by atoms with Crippen molar-refractivity contribution in [3.05, 3.63) is 81.9 Å². The lowest BCUT2D eigenvalue weighted by atomic mass is 9.98. The van der Waals surface area contributed by atoms with Crippen molar-refractivity contribution in [2.75, 3.05) is 26.2 Å². The van der Waals surface area contributed by atoms with Crippen LogP contribution in [0.25, 0.3) is 0 Å². The molecule has 2 aromatic carbocycles. The van der Waals surface area contributed by atoms with Crippen LogP contribution in [0.15, 0.2) is 65.3 Å². The number of aryl methyl sites for hydroxylation is 1. The van der Waals surface area contributed by atoms with Crippen LogP contribution in [-0.2, 0) is 9.63 Å². The summed E-state index contributed by atoms with van der Waals surface area (Å²) in [6, 6.07) is 15.5. The summed E-state index contributed by atoms with van der Waals surface area (Å²) in [4.78, 5) is 18.8. The average Bonchev–Trinajstić information content (AvgIpc) is 2.69. The molecule has 0 fully saturated rings. The highest BCUT2D eigenvalue weighted by atomic mass is 35.5. The third-order valence-electron chi connectivity index (χ3n) is 4.66. The van der Waals surface area contributed by atoms with Gasteiger partial charge < -0.3 is 9.94 Å². The van der Waals surface area contributed by atoms with E-state index in [9.17, 15) is 4.79 Å². The summed E-state index contributed by atoms with van der Waals surface area (Å²) in [7, 11) is 0. The van der Waals surface area contributed by atoms with Crippen LogP contribution in [0.4, 0.5) is 0 Å². The van der Waals surface area contributed by atoms with Crippen LogP contribution in [0.2, 0.25) is 5.02 Å². The molecular formula is C22H23ClN2O3. The van der Waals surface area contributed by atoms with Gasteiger partial charge in [-0.2, -0.15) is 0 Å². The van der Waals surface area contributed by atoms with E-state index in [1.165, 1.54) is 0 Å². The number of hydrogen-bond acceptors (Lipinski definition) is 4. The van der Waals surface area contributed by atoms with Gasteiger partial charge in [-0.05, 0) is 31.0 Å². The minimum Gasteiger partial charge on any atom is -0.478 e. The molecule has 0 radical (unpaired) electrons. The first kappa shape index (κ1) is 20.1. The first-order valence-corrected chi connectivity index (χ1v) is 9.59. The first-order chi connectivity index (χ1) is 13.5. The summed E-state index contributed by atoms with van der Waals surface area (Å²) in [5.74, 6) is -0.855. The lowest BCUT2D eigenvalue weighted by Crippen LogP contribution is -2.34. The van der Waals surface area contributed by atoms with Gasteiger partial charge in [0.1, 0.15) is 12.3 Å². The molecule has 1 N–H and O–H groups in total. The molecule has 1 aliphatic rings. The molecule has 0 aromatic heterocycles. The van der Waals surface area contributed by atoms with E-state index >= 15 is 0 Å². The normalized spacial score (nSPS) is 15.2. The Morgan fingerprint density at radius 2 is 2.07 bits per heavy atom. The lowest BCUT2D eigenvalue weighted by Gasteiger charge is -2.24. The standard InChI is InChI=1S/C22H23ClN2O3/c1-16-6-2-3-10-20(16)21(17-7-4-9-19(23)14-17)24-28-13-12-25-11-5-8-18(15-25)22(26)27/h2-4,6-10,14H,5,11-13,15H2,1H3,(H,26,27)/b24-21-. The number of carbonyl (C=O) groups is 1. The van der Waals surface area contributed by atoms with Crippen molar-refractivity contribution in [2.24, 2.45) is 5.16 Å². The van der Waals surface area contributed by atoms with Crippen molar-refractivity contribution in [3.63, 3.8) is 0 Å². The van der Waals surface area contributed by atoms with Gasteiger partial charge in [0.15, 0.2) is 0 Å². The fourth-order valence-corrected chi connectivity index (χ4v) is 3.35. The van der Waals surface area contributed by atoms with Gasteiger partial charge in [-0.15, -0.1) is 0 Å². The number of carboxylic acids is 1. The van der Waals surface area contributed by atoms with Crippen molar-refractivity contribution >= 4 is 23.3 Å². The zero-order valence-corrected chi connectivity index (χ0v) is 16.5. The van der Waals surface area contributed by atoms with E-state index < -0.39 is 5.97 Å². The number of rotatable bonds is 7.